The molecule has 70 valence electrons. The van der Waals surface area contributed by atoms with Crippen LogP contribution < -0.4 is 11.5 Å². The van der Waals surface area contributed by atoms with E-state index in [1.165, 1.54) is 0 Å². The van der Waals surface area contributed by atoms with Crippen LogP contribution in [0.15, 0.2) is 24.5 Å². The molecule has 13 heavy (non-hydrogen) atoms. The van der Waals surface area contributed by atoms with E-state index in [1.54, 1.807) is 12.4 Å². The largest absolute Gasteiger partial charge is 0.368 e. The average Bonchev–Trinajstić information content (AvgIpc) is 2.15. The van der Waals surface area contributed by atoms with Crippen molar-refractivity contribution in [3.63, 3.8) is 0 Å². The van der Waals surface area contributed by atoms with E-state index in [0.29, 0.717) is 6.42 Å². The number of hydrogen-bond donors (Lipinski definition) is 2. The van der Waals surface area contributed by atoms with Gasteiger partial charge in [0, 0.05) is 12.4 Å². The van der Waals surface area contributed by atoms with Crippen molar-refractivity contribution in [3.8, 4) is 0 Å². The SMILES string of the molecule is NC(=O)C(N)CCc1ccncc1. The summed E-state index contributed by atoms with van der Waals surface area (Å²) in [6.07, 6.45) is 4.77. The lowest BCUT2D eigenvalue weighted by molar-refractivity contribution is -0.119. The summed E-state index contributed by atoms with van der Waals surface area (Å²) >= 11 is 0. The van der Waals surface area contributed by atoms with Gasteiger partial charge in [0.25, 0.3) is 0 Å². The Hall–Kier alpha value is -1.42. The molecule has 4 N–H and O–H groups in total. The van der Waals surface area contributed by atoms with Gasteiger partial charge in [-0.15, -0.1) is 0 Å². The summed E-state index contributed by atoms with van der Waals surface area (Å²) in [7, 11) is 0. The van der Waals surface area contributed by atoms with Crippen LogP contribution in [0.3, 0.4) is 0 Å². The Morgan fingerprint density at radius 1 is 1.46 bits per heavy atom. The van der Waals surface area contributed by atoms with Crippen molar-refractivity contribution >= 4 is 5.91 Å². The molecule has 0 fully saturated rings. The standard InChI is InChI=1S/C9H13N3O/c10-8(9(11)13)2-1-7-3-5-12-6-4-7/h3-6,8H,1-2,10H2,(H2,11,13). The summed E-state index contributed by atoms with van der Waals surface area (Å²) in [6.45, 7) is 0. The molecule has 0 saturated carbocycles. The van der Waals surface area contributed by atoms with Crippen molar-refractivity contribution in [2.24, 2.45) is 11.5 Å². The van der Waals surface area contributed by atoms with E-state index in [-0.39, 0.29) is 0 Å². The summed E-state index contributed by atoms with van der Waals surface area (Å²) in [5.74, 6) is -0.450. The van der Waals surface area contributed by atoms with Gasteiger partial charge in [-0.1, -0.05) is 0 Å². The summed E-state index contributed by atoms with van der Waals surface area (Å²) in [5.41, 5.74) is 11.6. The van der Waals surface area contributed by atoms with Gasteiger partial charge in [-0.05, 0) is 30.5 Å². The van der Waals surface area contributed by atoms with Gasteiger partial charge >= 0.3 is 0 Å². The lowest BCUT2D eigenvalue weighted by atomic mass is 10.1. The van der Waals surface area contributed by atoms with Crippen molar-refractivity contribution in [2.75, 3.05) is 0 Å². The van der Waals surface area contributed by atoms with Gasteiger partial charge in [0.1, 0.15) is 0 Å². The first-order chi connectivity index (χ1) is 6.20. The topological polar surface area (TPSA) is 82.0 Å². The summed E-state index contributed by atoms with van der Waals surface area (Å²) < 4.78 is 0. The first-order valence-corrected chi connectivity index (χ1v) is 4.14. The molecule has 4 nitrogen and oxygen atoms in total. The molecular weight excluding hydrogens is 166 g/mol. The number of rotatable bonds is 4. The van der Waals surface area contributed by atoms with Gasteiger partial charge < -0.3 is 11.5 Å². The number of amides is 1. The Labute approximate surface area is 77.0 Å². The zero-order valence-electron chi connectivity index (χ0n) is 7.31. The number of carbonyl (C=O) groups excluding carboxylic acids is 1. The number of primary amides is 1. The molecular formula is C9H13N3O. The Kier molecular flexibility index (Phi) is 3.40. The second-order valence-electron chi connectivity index (χ2n) is 2.90. The molecule has 1 rings (SSSR count). The van der Waals surface area contributed by atoms with Crippen molar-refractivity contribution in [1.29, 1.82) is 0 Å². The molecule has 1 aromatic rings. The number of nitrogens with zero attached hydrogens (tertiary/aromatic N) is 1. The monoisotopic (exact) mass is 179 g/mol. The normalized spacial score (nSPS) is 12.4. The van der Waals surface area contributed by atoms with Crippen LogP contribution in [0.1, 0.15) is 12.0 Å². The maximum atomic E-state index is 10.6. The minimum absolute atomic E-state index is 0.450. The van der Waals surface area contributed by atoms with Gasteiger partial charge in [-0.2, -0.15) is 0 Å². The number of hydrogen-bond acceptors (Lipinski definition) is 3. The van der Waals surface area contributed by atoms with Crippen LogP contribution in [0.25, 0.3) is 0 Å². The van der Waals surface area contributed by atoms with Crippen molar-refractivity contribution in [1.82, 2.24) is 4.98 Å². The fourth-order valence-corrected chi connectivity index (χ4v) is 1.01. The van der Waals surface area contributed by atoms with Gasteiger partial charge in [0.15, 0.2) is 0 Å². The van der Waals surface area contributed by atoms with Crippen LogP contribution in [-0.2, 0) is 11.2 Å². The second-order valence-corrected chi connectivity index (χ2v) is 2.90. The Balaban J connectivity index is 2.39. The molecule has 0 aliphatic heterocycles. The first kappa shape index (κ1) is 9.67. The fourth-order valence-electron chi connectivity index (χ4n) is 1.01. The molecule has 1 atom stereocenters. The van der Waals surface area contributed by atoms with Crippen LogP contribution in [0.2, 0.25) is 0 Å². The third kappa shape index (κ3) is 3.21. The zero-order chi connectivity index (χ0) is 9.68. The van der Waals surface area contributed by atoms with Gasteiger partial charge in [0.05, 0.1) is 6.04 Å². The van der Waals surface area contributed by atoms with Crippen molar-refractivity contribution < 1.29 is 4.79 Å². The van der Waals surface area contributed by atoms with Crippen LogP contribution in [0.4, 0.5) is 0 Å². The molecule has 1 heterocycles. The van der Waals surface area contributed by atoms with E-state index < -0.39 is 11.9 Å². The number of pyridine rings is 1. The predicted molar refractivity (Wildman–Crippen MR) is 49.7 cm³/mol. The summed E-state index contributed by atoms with van der Waals surface area (Å²) in [6, 6.07) is 3.25. The van der Waals surface area contributed by atoms with Gasteiger partial charge in [0.2, 0.25) is 5.91 Å². The molecule has 0 saturated heterocycles. The predicted octanol–water partition coefficient (Wildman–Crippen LogP) is -0.173. The molecule has 0 radical (unpaired) electrons. The molecule has 0 spiro atoms. The minimum Gasteiger partial charge on any atom is -0.368 e. The smallest absolute Gasteiger partial charge is 0.234 e. The summed E-state index contributed by atoms with van der Waals surface area (Å²) in [4.78, 5) is 14.5. The highest BCUT2D eigenvalue weighted by Gasteiger charge is 2.08. The summed E-state index contributed by atoms with van der Waals surface area (Å²) in [5, 5.41) is 0. The van der Waals surface area contributed by atoms with Crippen molar-refractivity contribution in [2.45, 2.75) is 18.9 Å². The maximum absolute atomic E-state index is 10.6. The highest BCUT2D eigenvalue weighted by molar-refractivity contribution is 5.79. The van der Waals surface area contributed by atoms with Crippen LogP contribution in [0, 0.1) is 0 Å². The minimum atomic E-state index is -0.548. The third-order valence-corrected chi connectivity index (χ3v) is 1.86. The van der Waals surface area contributed by atoms with E-state index >= 15 is 0 Å². The highest BCUT2D eigenvalue weighted by Crippen LogP contribution is 2.02. The van der Waals surface area contributed by atoms with Gasteiger partial charge in [-0.25, -0.2) is 0 Å². The molecule has 1 aromatic heterocycles. The number of nitrogens with two attached hydrogens (primary N) is 2. The number of carbonyl (C=O) groups is 1. The Bertz CT molecular complexity index is 273. The molecule has 0 aliphatic rings. The molecule has 0 aromatic carbocycles. The van der Waals surface area contributed by atoms with E-state index in [9.17, 15) is 4.79 Å². The first-order valence-electron chi connectivity index (χ1n) is 4.14. The Morgan fingerprint density at radius 2 is 2.08 bits per heavy atom. The fraction of sp³-hybridized carbons (Fsp3) is 0.333. The molecule has 4 heteroatoms. The van der Waals surface area contributed by atoms with E-state index in [0.717, 1.165) is 12.0 Å². The highest BCUT2D eigenvalue weighted by atomic mass is 16.1. The Morgan fingerprint density at radius 3 is 2.62 bits per heavy atom. The van der Waals surface area contributed by atoms with E-state index in [2.05, 4.69) is 4.98 Å². The zero-order valence-corrected chi connectivity index (χ0v) is 7.31. The van der Waals surface area contributed by atoms with Crippen LogP contribution >= 0.6 is 0 Å². The number of aromatic nitrogens is 1. The van der Waals surface area contributed by atoms with E-state index in [4.69, 9.17) is 11.5 Å². The van der Waals surface area contributed by atoms with Crippen LogP contribution in [-0.4, -0.2) is 16.9 Å². The van der Waals surface area contributed by atoms with E-state index in [1.807, 2.05) is 12.1 Å². The molecule has 1 unspecified atom stereocenters. The van der Waals surface area contributed by atoms with Crippen LogP contribution in [0.5, 0.6) is 0 Å². The lowest BCUT2D eigenvalue weighted by Gasteiger charge is -2.06. The van der Waals surface area contributed by atoms with Crippen molar-refractivity contribution in [3.05, 3.63) is 30.1 Å². The lowest BCUT2D eigenvalue weighted by Crippen LogP contribution is -2.36. The van der Waals surface area contributed by atoms with Gasteiger partial charge in [-0.3, -0.25) is 9.78 Å². The maximum Gasteiger partial charge on any atom is 0.234 e. The second kappa shape index (κ2) is 4.57. The molecule has 1 amide bonds. The average molecular weight is 179 g/mol. The molecule has 0 bridgehead atoms. The quantitative estimate of drug-likeness (QED) is 0.673. The molecule has 0 aliphatic carbocycles. The number of aryl methyl sites for hydroxylation is 1. The third-order valence-electron chi connectivity index (χ3n) is 1.86.